The summed E-state index contributed by atoms with van der Waals surface area (Å²) in [4.78, 5) is 11.8. The molecular formula is C18H22BrF2NO4. The van der Waals surface area contributed by atoms with Crippen molar-refractivity contribution in [2.75, 3.05) is 26.4 Å². The first-order chi connectivity index (χ1) is 12.5. The van der Waals surface area contributed by atoms with Crippen LogP contribution in [0.1, 0.15) is 24.8 Å². The molecule has 1 aliphatic heterocycles. The van der Waals surface area contributed by atoms with Gasteiger partial charge >= 0.3 is 6.61 Å². The molecule has 1 amide bonds. The number of benzene rings is 1. The highest BCUT2D eigenvalue weighted by atomic mass is 79.9. The minimum absolute atomic E-state index is 0.00906. The highest BCUT2D eigenvalue weighted by molar-refractivity contribution is 9.10. The van der Waals surface area contributed by atoms with E-state index in [2.05, 4.69) is 26.0 Å². The van der Waals surface area contributed by atoms with E-state index < -0.39 is 6.61 Å². The fourth-order valence-electron chi connectivity index (χ4n) is 2.45. The standard InChI is InChI=1S/C18H22BrF2NO4/c19-14-5-6-16(26-18(20)21)13(11-14)4-7-17(23)22-8-2-9-24-12-15-3-1-10-25-15/h4-7,11,15,18H,1-3,8-10,12H2,(H,22,23)/b7-4+. The molecule has 1 N–H and O–H groups in total. The summed E-state index contributed by atoms with van der Waals surface area (Å²) >= 11 is 3.26. The minimum atomic E-state index is -2.92. The summed E-state index contributed by atoms with van der Waals surface area (Å²) in [5, 5.41) is 2.72. The van der Waals surface area contributed by atoms with E-state index in [1.165, 1.54) is 18.2 Å². The summed E-state index contributed by atoms with van der Waals surface area (Å²) in [6, 6.07) is 4.60. The Morgan fingerprint density at radius 1 is 1.46 bits per heavy atom. The Morgan fingerprint density at radius 2 is 2.31 bits per heavy atom. The largest absolute Gasteiger partial charge is 0.434 e. The zero-order chi connectivity index (χ0) is 18.8. The molecule has 144 valence electrons. The van der Waals surface area contributed by atoms with Crippen LogP contribution >= 0.6 is 15.9 Å². The molecule has 0 radical (unpaired) electrons. The van der Waals surface area contributed by atoms with E-state index in [1.807, 2.05) is 0 Å². The molecule has 2 rings (SSSR count). The number of hydrogen-bond donors (Lipinski definition) is 1. The number of hydrogen-bond acceptors (Lipinski definition) is 4. The molecule has 1 aromatic rings. The molecule has 0 aromatic heterocycles. The van der Waals surface area contributed by atoms with Crippen LogP contribution in [0.5, 0.6) is 5.75 Å². The van der Waals surface area contributed by atoms with E-state index in [4.69, 9.17) is 9.47 Å². The van der Waals surface area contributed by atoms with Crippen molar-refractivity contribution in [2.24, 2.45) is 0 Å². The second kappa shape index (κ2) is 11.3. The summed E-state index contributed by atoms with van der Waals surface area (Å²) in [5.41, 5.74) is 0.384. The fourth-order valence-corrected chi connectivity index (χ4v) is 2.83. The Kier molecular flexibility index (Phi) is 9.00. The van der Waals surface area contributed by atoms with Crippen LogP contribution in [-0.2, 0) is 14.3 Å². The SMILES string of the molecule is O=C(/C=C/c1cc(Br)ccc1OC(F)F)NCCCOCC1CCCO1. The Balaban J connectivity index is 1.69. The van der Waals surface area contributed by atoms with Gasteiger partial charge in [0.05, 0.1) is 12.7 Å². The van der Waals surface area contributed by atoms with E-state index in [9.17, 15) is 13.6 Å². The van der Waals surface area contributed by atoms with E-state index in [1.54, 1.807) is 12.1 Å². The maximum absolute atomic E-state index is 12.4. The smallest absolute Gasteiger partial charge is 0.387 e. The second-order valence-electron chi connectivity index (χ2n) is 5.75. The normalized spacial score (nSPS) is 17.2. The van der Waals surface area contributed by atoms with Gasteiger partial charge < -0.3 is 19.5 Å². The Labute approximate surface area is 159 Å². The molecule has 0 saturated carbocycles. The van der Waals surface area contributed by atoms with Crippen LogP contribution in [0.2, 0.25) is 0 Å². The van der Waals surface area contributed by atoms with Crippen molar-refractivity contribution < 1.29 is 27.8 Å². The molecule has 5 nitrogen and oxygen atoms in total. The van der Waals surface area contributed by atoms with Gasteiger partial charge in [-0.3, -0.25) is 4.79 Å². The number of carbonyl (C=O) groups excluding carboxylic acids is 1. The highest BCUT2D eigenvalue weighted by Gasteiger charge is 2.14. The molecule has 1 unspecified atom stereocenters. The lowest BCUT2D eigenvalue weighted by Crippen LogP contribution is -2.23. The number of nitrogens with one attached hydrogen (secondary N) is 1. The van der Waals surface area contributed by atoms with Gasteiger partial charge in [-0.1, -0.05) is 15.9 Å². The number of halogens is 3. The molecule has 1 aliphatic rings. The second-order valence-corrected chi connectivity index (χ2v) is 6.66. The molecular weight excluding hydrogens is 412 g/mol. The van der Waals surface area contributed by atoms with Gasteiger partial charge in [-0.05, 0) is 43.5 Å². The Morgan fingerprint density at radius 3 is 3.04 bits per heavy atom. The molecule has 1 aromatic carbocycles. The van der Waals surface area contributed by atoms with Gasteiger partial charge in [0.25, 0.3) is 0 Å². The maximum Gasteiger partial charge on any atom is 0.387 e. The van der Waals surface area contributed by atoms with Crippen LogP contribution in [0.15, 0.2) is 28.7 Å². The predicted molar refractivity (Wildman–Crippen MR) is 97.2 cm³/mol. The first kappa shape index (κ1) is 20.8. The predicted octanol–water partition coefficient (Wildman–Crippen LogP) is 3.77. The summed E-state index contributed by atoms with van der Waals surface area (Å²) in [6.45, 7) is -0.524. The molecule has 0 bridgehead atoms. The van der Waals surface area contributed by atoms with Crippen LogP contribution in [0.3, 0.4) is 0 Å². The third-order valence-corrected chi connectivity index (χ3v) is 4.19. The van der Waals surface area contributed by atoms with Gasteiger partial charge in [0.1, 0.15) is 5.75 Å². The third kappa shape index (κ3) is 7.80. The Bertz CT molecular complexity index is 607. The lowest BCUT2D eigenvalue weighted by molar-refractivity contribution is -0.116. The topological polar surface area (TPSA) is 56.8 Å². The monoisotopic (exact) mass is 433 g/mol. The third-order valence-electron chi connectivity index (χ3n) is 3.69. The minimum Gasteiger partial charge on any atom is -0.434 e. The molecule has 0 spiro atoms. The van der Waals surface area contributed by atoms with Gasteiger partial charge in [-0.25, -0.2) is 0 Å². The first-order valence-electron chi connectivity index (χ1n) is 8.44. The van der Waals surface area contributed by atoms with Gasteiger partial charge in [0.15, 0.2) is 0 Å². The van der Waals surface area contributed by atoms with Crippen molar-refractivity contribution >= 4 is 27.9 Å². The molecule has 1 saturated heterocycles. The molecule has 1 fully saturated rings. The van der Waals surface area contributed by atoms with Crippen LogP contribution in [0.25, 0.3) is 6.08 Å². The summed E-state index contributed by atoms with van der Waals surface area (Å²) in [7, 11) is 0. The van der Waals surface area contributed by atoms with E-state index >= 15 is 0 Å². The lowest BCUT2D eigenvalue weighted by atomic mass is 10.2. The van der Waals surface area contributed by atoms with Crippen LogP contribution < -0.4 is 10.1 Å². The summed E-state index contributed by atoms with van der Waals surface area (Å²) in [6.07, 6.45) is 5.72. The molecule has 1 atom stereocenters. The van der Waals surface area contributed by atoms with E-state index in [0.717, 1.165) is 19.4 Å². The zero-order valence-corrected chi connectivity index (χ0v) is 15.8. The molecule has 26 heavy (non-hydrogen) atoms. The van der Waals surface area contributed by atoms with Gasteiger partial charge in [0, 0.05) is 35.9 Å². The lowest BCUT2D eigenvalue weighted by Gasteiger charge is -2.10. The maximum atomic E-state index is 12.4. The molecule has 0 aliphatic carbocycles. The van der Waals surface area contributed by atoms with E-state index in [0.29, 0.717) is 36.2 Å². The quantitative estimate of drug-likeness (QED) is 0.450. The van der Waals surface area contributed by atoms with Crippen molar-refractivity contribution in [3.63, 3.8) is 0 Å². The van der Waals surface area contributed by atoms with E-state index in [-0.39, 0.29) is 17.8 Å². The van der Waals surface area contributed by atoms with Crippen LogP contribution in [-0.4, -0.2) is 45.0 Å². The van der Waals surface area contributed by atoms with Crippen molar-refractivity contribution in [3.8, 4) is 5.75 Å². The average Bonchev–Trinajstić information content (AvgIpc) is 3.11. The summed E-state index contributed by atoms with van der Waals surface area (Å²) < 4.78 is 40.9. The van der Waals surface area contributed by atoms with Crippen molar-refractivity contribution in [3.05, 3.63) is 34.3 Å². The van der Waals surface area contributed by atoms with Crippen LogP contribution in [0, 0.1) is 0 Å². The van der Waals surface area contributed by atoms with Gasteiger partial charge in [-0.2, -0.15) is 8.78 Å². The van der Waals surface area contributed by atoms with Crippen molar-refractivity contribution in [1.82, 2.24) is 5.32 Å². The molecule has 1 heterocycles. The average molecular weight is 434 g/mol. The van der Waals surface area contributed by atoms with Crippen molar-refractivity contribution in [1.29, 1.82) is 0 Å². The first-order valence-corrected chi connectivity index (χ1v) is 9.23. The fraction of sp³-hybridized carbons (Fsp3) is 0.500. The number of ether oxygens (including phenoxy) is 3. The highest BCUT2D eigenvalue weighted by Crippen LogP contribution is 2.25. The number of rotatable bonds is 10. The van der Waals surface area contributed by atoms with Crippen molar-refractivity contribution in [2.45, 2.75) is 32.0 Å². The van der Waals surface area contributed by atoms with Gasteiger partial charge in [0.2, 0.25) is 5.91 Å². The van der Waals surface area contributed by atoms with Gasteiger partial charge in [-0.15, -0.1) is 0 Å². The molecule has 8 heteroatoms. The zero-order valence-electron chi connectivity index (χ0n) is 14.3. The number of alkyl halides is 2. The Hall–Kier alpha value is -1.51. The number of carbonyl (C=O) groups is 1. The summed E-state index contributed by atoms with van der Waals surface area (Å²) in [5.74, 6) is -0.304. The van der Waals surface area contributed by atoms with Crippen LogP contribution in [0.4, 0.5) is 8.78 Å². The number of amides is 1.